The zero-order chi connectivity index (χ0) is 18.8. The second-order valence-electron chi connectivity index (χ2n) is 6.48. The van der Waals surface area contributed by atoms with Gasteiger partial charge in [0.1, 0.15) is 17.5 Å². The van der Waals surface area contributed by atoms with Crippen LogP contribution in [-0.2, 0) is 6.42 Å². The van der Waals surface area contributed by atoms with Crippen LogP contribution in [0.15, 0.2) is 54.9 Å². The van der Waals surface area contributed by atoms with Gasteiger partial charge < -0.3 is 15.4 Å². The highest BCUT2D eigenvalue weighted by molar-refractivity contribution is 5.92. The maximum atomic E-state index is 12.8. The van der Waals surface area contributed by atoms with Gasteiger partial charge in [-0.25, -0.2) is 15.0 Å². The van der Waals surface area contributed by atoms with Crippen LogP contribution in [0.5, 0.6) is 5.75 Å². The third-order valence-electron chi connectivity index (χ3n) is 4.47. The molecule has 1 unspecified atom stereocenters. The summed E-state index contributed by atoms with van der Waals surface area (Å²) in [7, 11) is 1.76. The van der Waals surface area contributed by atoms with Gasteiger partial charge >= 0.3 is 0 Å². The molecule has 7 heteroatoms. The summed E-state index contributed by atoms with van der Waals surface area (Å²) in [5.74, 6) is 0.933. The van der Waals surface area contributed by atoms with Gasteiger partial charge in [0.2, 0.25) is 5.95 Å². The number of anilines is 1. The number of ether oxygens (including phenoxy) is 1. The van der Waals surface area contributed by atoms with Crippen molar-refractivity contribution in [2.45, 2.75) is 12.5 Å². The van der Waals surface area contributed by atoms with Crippen molar-refractivity contribution in [3.05, 3.63) is 66.1 Å². The van der Waals surface area contributed by atoms with Crippen molar-refractivity contribution >= 4 is 11.9 Å². The molecule has 4 rings (SSSR count). The van der Waals surface area contributed by atoms with Gasteiger partial charge in [-0.2, -0.15) is 0 Å². The van der Waals surface area contributed by atoms with E-state index in [2.05, 4.69) is 21.0 Å². The highest BCUT2D eigenvalue weighted by Crippen LogP contribution is 2.28. The van der Waals surface area contributed by atoms with Crippen LogP contribution in [0.4, 0.5) is 5.95 Å². The molecule has 2 N–H and O–H groups in total. The summed E-state index contributed by atoms with van der Waals surface area (Å²) in [4.78, 5) is 26.8. The van der Waals surface area contributed by atoms with Crippen LogP contribution in [-0.4, -0.2) is 45.5 Å². The minimum Gasteiger partial charge on any atom is -0.488 e. The number of nitrogen functional groups attached to an aromatic ring is 1. The van der Waals surface area contributed by atoms with Gasteiger partial charge in [-0.05, 0) is 23.8 Å². The van der Waals surface area contributed by atoms with E-state index in [4.69, 9.17) is 10.5 Å². The Morgan fingerprint density at radius 1 is 1.19 bits per heavy atom. The van der Waals surface area contributed by atoms with E-state index in [9.17, 15) is 4.79 Å². The molecule has 27 heavy (non-hydrogen) atoms. The molecule has 1 aliphatic heterocycles. The summed E-state index contributed by atoms with van der Waals surface area (Å²) in [6.45, 7) is 0.490. The summed E-state index contributed by atoms with van der Waals surface area (Å²) < 4.78 is 5.93. The Morgan fingerprint density at radius 3 is 2.74 bits per heavy atom. The fraction of sp³-hybridized carbons (Fsp3) is 0.200. The number of hydrogen-bond acceptors (Lipinski definition) is 6. The van der Waals surface area contributed by atoms with Gasteiger partial charge in [-0.3, -0.25) is 4.79 Å². The molecule has 0 saturated carbocycles. The largest absolute Gasteiger partial charge is 0.488 e. The van der Waals surface area contributed by atoms with Gasteiger partial charge in [0.25, 0.3) is 5.91 Å². The number of aromatic nitrogens is 3. The van der Waals surface area contributed by atoms with Gasteiger partial charge in [0.15, 0.2) is 0 Å². The second-order valence-corrected chi connectivity index (χ2v) is 6.48. The Labute approximate surface area is 156 Å². The molecule has 0 radical (unpaired) electrons. The average molecular weight is 361 g/mol. The fourth-order valence-corrected chi connectivity index (χ4v) is 3.12. The molecule has 0 saturated heterocycles. The number of fused-ring (bicyclic) bond motifs is 1. The van der Waals surface area contributed by atoms with Gasteiger partial charge in [-0.15, -0.1) is 0 Å². The molecule has 3 aromatic rings. The van der Waals surface area contributed by atoms with Crippen molar-refractivity contribution < 1.29 is 9.53 Å². The lowest BCUT2D eigenvalue weighted by molar-refractivity contribution is 0.0725. The summed E-state index contributed by atoms with van der Waals surface area (Å²) in [6.07, 6.45) is 3.92. The lowest BCUT2D eigenvalue weighted by Gasteiger charge is -2.21. The number of hydrogen-bond donors (Lipinski definition) is 1. The van der Waals surface area contributed by atoms with Crippen molar-refractivity contribution in [1.82, 2.24) is 19.9 Å². The Morgan fingerprint density at radius 2 is 1.96 bits per heavy atom. The van der Waals surface area contributed by atoms with Crippen LogP contribution < -0.4 is 10.5 Å². The molecule has 7 nitrogen and oxygen atoms in total. The molecule has 0 fully saturated rings. The molecular weight excluding hydrogens is 342 g/mol. The van der Waals surface area contributed by atoms with Crippen LogP contribution in [0.2, 0.25) is 0 Å². The summed E-state index contributed by atoms with van der Waals surface area (Å²) in [5, 5.41) is 0. The number of nitrogens with two attached hydrogens (primary N) is 1. The number of pyridine rings is 1. The molecule has 1 amide bonds. The van der Waals surface area contributed by atoms with Crippen LogP contribution in [0.3, 0.4) is 0 Å². The molecule has 1 aromatic carbocycles. The number of carbonyl (C=O) groups is 1. The van der Waals surface area contributed by atoms with Gasteiger partial charge in [-0.1, -0.05) is 24.3 Å². The molecule has 2 aromatic heterocycles. The molecule has 0 spiro atoms. The molecule has 1 atom stereocenters. The van der Waals surface area contributed by atoms with Crippen molar-refractivity contribution in [2.24, 2.45) is 0 Å². The van der Waals surface area contributed by atoms with E-state index in [-0.39, 0.29) is 18.0 Å². The van der Waals surface area contributed by atoms with E-state index < -0.39 is 0 Å². The molecule has 0 aliphatic carbocycles. The maximum Gasteiger partial charge on any atom is 0.272 e. The third kappa shape index (κ3) is 3.57. The third-order valence-corrected chi connectivity index (χ3v) is 4.47. The number of carbonyl (C=O) groups excluding carboxylic acids is 1. The highest BCUT2D eigenvalue weighted by atomic mass is 16.5. The topological polar surface area (TPSA) is 94.2 Å². The van der Waals surface area contributed by atoms with E-state index in [1.165, 1.54) is 5.56 Å². The van der Waals surface area contributed by atoms with Gasteiger partial charge in [0, 0.05) is 31.4 Å². The quantitative estimate of drug-likeness (QED) is 0.765. The smallest absolute Gasteiger partial charge is 0.272 e. The number of para-hydroxylation sites is 1. The second kappa shape index (κ2) is 7.03. The molecule has 3 heterocycles. The van der Waals surface area contributed by atoms with E-state index in [1.807, 2.05) is 24.3 Å². The van der Waals surface area contributed by atoms with Crippen LogP contribution >= 0.6 is 0 Å². The Balaban J connectivity index is 1.46. The Hall–Kier alpha value is -3.48. The number of benzene rings is 1. The fourth-order valence-electron chi connectivity index (χ4n) is 3.12. The minimum atomic E-state index is -0.159. The van der Waals surface area contributed by atoms with Crippen molar-refractivity contribution in [3.63, 3.8) is 0 Å². The summed E-state index contributed by atoms with van der Waals surface area (Å²) in [5.41, 5.74) is 8.38. The lowest BCUT2D eigenvalue weighted by atomic mass is 10.1. The zero-order valence-corrected chi connectivity index (χ0v) is 14.9. The predicted octanol–water partition coefficient (Wildman–Crippen LogP) is 2.20. The number of nitrogens with zero attached hydrogens (tertiary/aromatic N) is 4. The summed E-state index contributed by atoms with van der Waals surface area (Å²) >= 11 is 0. The lowest BCUT2D eigenvalue weighted by Crippen LogP contribution is -2.36. The maximum absolute atomic E-state index is 12.8. The first-order valence-corrected chi connectivity index (χ1v) is 8.65. The number of amides is 1. The van der Waals surface area contributed by atoms with E-state index in [1.54, 1.807) is 36.5 Å². The molecule has 0 bridgehead atoms. The first kappa shape index (κ1) is 17.0. The monoisotopic (exact) mass is 361 g/mol. The van der Waals surface area contributed by atoms with Gasteiger partial charge in [0.05, 0.1) is 12.2 Å². The predicted molar refractivity (Wildman–Crippen MR) is 101 cm³/mol. The number of likely N-dealkylation sites (N-methyl/N-ethyl adjacent to an activating group) is 1. The van der Waals surface area contributed by atoms with Crippen molar-refractivity contribution in [2.75, 3.05) is 19.3 Å². The van der Waals surface area contributed by atoms with Crippen molar-refractivity contribution in [1.29, 1.82) is 0 Å². The zero-order valence-electron chi connectivity index (χ0n) is 14.9. The van der Waals surface area contributed by atoms with E-state index >= 15 is 0 Å². The number of rotatable bonds is 4. The standard InChI is InChI=1S/C20H19N5O2/c1-25(12-15-9-13-5-2-3-8-18(13)27-15)19(26)17-7-4-6-16(24-17)14-10-22-20(21)23-11-14/h2-8,10-11,15H,9,12H2,1H3,(H2,21,22,23). The first-order valence-electron chi connectivity index (χ1n) is 8.65. The molecule has 136 valence electrons. The Kier molecular flexibility index (Phi) is 4.42. The Bertz CT molecular complexity index is 949. The van der Waals surface area contributed by atoms with E-state index in [0.29, 0.717) is 23.5 Å². The van der Waals surface area contributed by atoms with Crippen LogP contribution in [0.25, 0.3) is 11.3 Å². The normalized spacial score (nSPS) is 15.1. The van der Waals surface area contributed by atoms with Crippen molar-refractivity contribution in [3.8, 4) is 17.0 Å². The highest BCUT2D eigenvalue weighted by Gasteiger charge is 2.25. The van der Waals surface area contributed by atoms with Crippen LogP contribution in [0, 0.1) is 0 Å². The molecular formula is C20H19N5O2. The molecule has 1 aliphatic rings. The first-order chi connectivity index (χ1) is 13.1. The van der Waals surface area contributed by atoms with E-state index in [0.717, 1.165) is 12.2 Å². The SMILES string of the molecule is CN(CC1Cc2ccccc2O1)C(=O)c1cccc(-c2cnc(N)nc2)n1. The summed E-state index contributed by atoms with van der Waals surface area (Å²) in [6, 6.07) is 13.3. The van der Waals surface area contributed by atoms with Crippen LogP contribution in [0.1, 0.15) is 16.1 Å². The minimum absolute atomic E-state index is 0.0509. The average Bonchev–Trinajstić information content (AvgIpc) is 3.10.